The molecule has 0 heterocycles. The smallest absolute Gasteiger partial charge is 0.119 e. The maximum Gasteiger partial charge on any atom is 0.119 e. The van der Waals surface area contributed by atoms with E-state index in [1.165, 1.54) is 0 Å². The van der Waals surface area contributed by atoms with Crippen LogP contribution in [-0.2, 0) is 0 Å². The molecule has 0 aliphatic rings. The molecule has 2 aromatic rings. The standard InChI is InChI=1S/C19H20N2O/c1-2-3-12-22-19-10-4-15(5-11-19)13-17(14-20)16-6-8-18(21)9-7-16/h4-11,13H,2-3,12,21H2,1H3/b17-13+. The zero-order chi connectivity index (χ0) is 15.8. The van der Waals surface area contributed by atoms with Gasteiger partial charge in [0.15, 0.2) is 0 Å². The van der Waals surface area contributed by atoms with Crippen molar-refractivity contribution in [2.45, 2.75) is 19.8 Å². The largest absolute Gasteiger partial charge is 0.494 e. The molecule has 0 bridgehead atoms. The molecule has 0 saturated heterocycles. The number of ether oxygens (including phenoxy) is 1. The number of rotatable bonds is 6. The summed E-state index contributed by atoms with van der Waals surface area (Å²) >= 11 is 0. The van der Waals surface area contributed by atoms with Crippen LogP contribution in [0.2, 0.25) is 0 Å². The van der Waals surface area contributed by atoms with Crippen molar-refractivity contribution in [1.82, 2.24) is 0 Å². The van der Waals surface area contributed by atoms with Crippen molar-refractivity contribution in [3.63, 3.8) is 0 Å². The van der Waals surface area contributed by atoms with Gasteiger partial charge in [-0.05, 0) is 47.9 Å². The number of allylic oxidation sites excluding steroid dienone is 1. The van der Waals surface area contributed by atoms with Gasteiger partial charge in [-0.15, -0.1) is 0 Å². The molecule has 0 radical (unpaired) electrons. The van der Waals surface area contributed by atoms with Crippen molar-refractivity contribution in [1.29, 1.82) is 5.26 Å². The molecular weight excluding hydrogens is 272 g/mol. The Balaban J connectivity index is 2.13. The molecule has 0 aliphatic carbocycles. The summed E-state index contributed by atoms with van der Waals surface area (Å²) < 4.78 is 5.63. The number of nitrogens with zero attached hydrogens (tertiary/aromatic N) is 1. The van der Waals surface area contributed by atoms with Crippen LogP contribution in [-0.4, -0.2) is 6.61 Å². The molecule has 0 fully saturated rings. The lowest BCUT2D eigenvalue weighted by Crippen LogP contribution is -1.95. The van der Waals surface area contributed by atoms with Crippen molar-refractivity contribution in [2.24, 2.45) is 0 Å². The highest BCUT2D eigenvalue weighted by Crippen LogP contribution is 2.20. The van der Waals surface area contributed by atoms with Crippen LogP contribution < -0.4 is 10.5 Å². The average molecular weight is 292 g/mol. The third kappa shape index (κ3) is 4.39. The van der Waals surface area contributed by atoms with Crippen LogP contribution in [0.25, 0.3) is 11.6 Å². The number of nitrogen functional groups attached to an aromatic ring is 1. The number of hydrogen-bond acceptors (Lipinski definition) is 3. The molecule has 0 atom stereocenters. The van der Waals surface area contributed by atoms with E-state index in [0.29, 0.717) is 11.3 Å². The third-order valence-electron chi connectivity index (χ3n) is 3.30. The van der Waals surface area contributed by atoms with Crippen molar-refractivity contribution in [3.8, 4) is 11.8 Å². The zero-order valence-corrected chi connectivity index (χ0v) is 12.8. The monoisotopic (exact) mass is 292 g/mol. The molecule has 0 unspecified atom stereocenters. The molecule has 0 aliphatic heterocycles. The SMILES string of the molecule is CCCCOc1ccc(/C=C(\C#N)c2ccc(N)cc2)cc1. The Labute approximate surface area is 131 Å². The third-order valence-corrected chi connectivity index (χ3v) is 3.30. The van der Waals surface area contributed by atoms with E-state index in [4.69, 9.17) is 10.5 Å². The van der Waals surface area contributed by atoms with Gasteiger partial charge in [0.2, 0.25) is 0 Å². The van der Waals surface area contributed by atoms with Crippen molar-refractivity contribution in [3.05, 3.63) is 59.7 Å². The second-order valence-corrected chi connectivity index (χ2v) is 5.06. The molecule has 2 aromatic carbocycles. The van der Waals surface area contributed by atoms with E-state index in [-0.39, 0.29) is 0 Å². The molecule has 22 heavy (non-hydrogen) atoms. The van der Waals surface area contributed by atoms with E-state index in [0.717, 1.165) is 36.3 Å². The van der Waals surface area contributed by atoms with Gasteiger partial charge in [0, 0.05) is 5.69 Å². The van der Waals surface area contributed by atoms with E-state index in [1.54, 1.807) is 12.1 Å². The summed E-state index contributed by atoms with van der Waals surface area (Å²) in [5.41, 5.74) is 8.80. The van der Waals surface area contributed by atoms with Gasteiger partial charge in [0.1, 0.15) is 5.75 Å². The van der Waals surface area contributed by atoms with Crippen molar-refractivity contribution in [2.75, 3.05) is 12.3 Å². The molecule has 0 aromatic heterocycles. The first kappa shape index (κ1) is 15.7. The fourth-order valence-corrected chi connectivity index (χ4v) is 2.00. The topological polar surface area (TPSA) is 59.0 Å². The zero-order valence-electron chi connectivity index (χ0n) is 12.8. The maximum absolute atomic E-state index is 9.33. The van der Waals surface area contributed by atoms with Crippen LogP contribution in [0.4, 0.5) is 5.69 Å². The second kappa shape index (κ2) is 7.90. The number of anilines is 1. The Bertz CT molecular complexity index is 664. The van der Waals surface area contributed by atoms with Crippen LogP contribution >= 0.6 is 0 Å². The highest BCUT2D eigenvalue weighted by atomic mass is 16.5. The van der Waals surface area contributed by atoms with Crippen molar-refractivity contribution >= 4 is 17.3 Å². The molecule has 3 heteroatoms. The fraction of sp³-hybridized carbons (Fsp3) is 0.211. The van der Waals surface area contributed by atoms with Gasteiger partial charge in [0.05, 0.1) is 18.2 Å². The summed E-state index contributed by atoms with van der Waals surface area (Å²) in [6, 6.07) is 17.3. The molecule has 112 valence electrons. The van der Waals surface area contributed by atoms with Gasteiger partial charge < -0.3 is 10.5 Å². The van der Waals surface area contributed by atoms with Crippen LogP contribution in [0.15, 0.2) is 48.5 Å². The molecule has 2 N–H and O–H groups in total. The lowest BCUT2D eigenvalue weighted by atomic mass is 10.0. The van der Waals surface area contributed by atoms with Crippen LogP contribution in [0, 0.1) is 11.3 Å². The summed E-state index contributed by atoms with van der Waals surface area (Å²) in [5, 5.41) is 9.33. The lowest BCUT2D eigenvalue weighted by Gasteiger charge is -2.05. The van der Waals surface area contributed by atoms with Gasteiger partial charge in [-0.3, -0.25) is 0 Å². The second-order valence-electron chi connectivity index (χ2n) is 5.06. The maximum atomic E-state index is 9.33. The molecule has 0 amide bonds. The van der Waals surface area contributed by atoms with Gasteiger partial charge in [-0.2, -0.15) is 5.26 Å². The minimum absolute atomic E-state index is 0.611. The van der Waals surface area contributed by atoms with Crippen molar-refractivity contribution < 1.29 is 4.74 Å². The number of hydrogen-bond donors (Lipinski definition) is 1. The summed E-state index contributed by atoms with van der Waals surface area (Å²) in [6.45, 7) is 2.87. The Morgan fingerprint density at radius 1 is 1.14 bits per heavy atom. The molecule has 2 rings (SSSR count). The van der Waals surface area contributed by atoms with Crippen LogP contribution in [0.3, 0.4) is 0 Å². The highest BCUT2D eigenvalue weighted by molar-refractivity contribution is 5.89. The fourth-order valence-electron chi connectivity index (χ4n) is 2.00. The van der Waals surface area contributed by atoms with E-state index in [2.05, 4.69) is 13.0 Å². The van der Waals surface area contributed by atoms with E-state index in [1.807, 2.05) is 42.5 Å². The Morgan fingerprint density at radius 3 is 2.41 bits per heavy atom. The first-order valence-electron chi connectivity index (χ1n) is 7.43. The molecule has 0 saturated carbocycles. The number of nitrogens with two attached hydrogens (primary N) is 1. The quantitative estimate of drug-likeness (QED) is 0.369. The summed E-state index contributed by atoms with van der Waals surface area (Å²) in [4.78, 5) is 0. The van der Waals surface area contributed by atoms with Crippen LogP contribution in [0.5, 0.6) is 5.75 Å². The molecule has 3 nitrogen and oxygen atoms in total. The van der Waals surface area contributed by atoms with E-state index < -0.39 is 0 Å². The highest BCUT2D eigenvalue weighted by Gasteiger charge is 2.01. The van der Waals surface area contributed by atoms with Gasteiger partial charge in [-0.1, -0.05) is 37.6 Å². The van der Waals surface area contributed by atoms with E-state index in [9.17, 15) is 5.26 Å². The number of nitriles is 1. The molecular formula is C19H20N2O. The normalized spacial score (nSPS) is 11.0. The molecule has 0 spiro atoms. The van der Waals surface area contributed by atoms with Gasteiger partial charge in [0.25, 0.3) is 0 Å². The predicted octanol–water partition coefficient (Wildman–Crippen LogP) is 4.51. The first-order chi connectivity index (χ1) is 10.7. The van der Waals surface area contributed by atoms with Crippen LogP contribution in [0.1, 0.15) is 30.9 Å². The first-order valence-corrected chi connectivity index (χ1v) is 7.43. The summed E-state index contributed by atoms with van der Waals surface area (Å²) in [5.74, 6) is 0.858. The Hall–Kier alpha value is -2.73. The van der Waals surface area contributed by atoms with Gasteiger partial charge >= 0.3 is 0 Å². The summed E-state index contributed by atoms with van der Waals surface area (Å²) in [6.07, 6.45) is 4.03. The number of benzene rings is 2. The lowest BCUT2D eigenvalue weighted by molar-refractivity contribution is 0.309. The Kier molecular flexibility index (Phi) is 5.62. The predicted molar refractivity (Wildman–Crippen MR) is 91.2 cm³/mol. The number of unbranched alkanes of at least 4 members (excludes halogenated alkanes) is 1. The Morgan fingerprint density at radius 2 is 1.82 bits per heavy atom. The minimum Gasteiger partial charge on any atom is -0.494 e. The average Bonchev–Trinajstić information content (AvgIpc) is 2.55. The summed E-state index contributed by atoms with van der Waals surface area (Å²) in [7, 11) is 0. The van der Waals surface area contributed by atoms with Gasteiger partial charge in [-0.25, -0.2) is 0 Å². The minimum atomic E-state index is 0.611. The van der Waals surface area contributed by atoms with E-state index >= 15 is 0 Å².